The first kappa shape index (κ1) is 12.1. The number of benzene rings is 2. The lowest BCUT2D eigenvalue weighted by Gasteiger charge is -2.05. The van der Waals surface area contributed by atoms with Crippen LogP contribution >= 0.6 is 11.3 Å². The third-order valence-electron chi connectivity index (χ3n) is 3.28. The summed E-state index contributed by atoms with van der Waals surface area (Å²) in [5.41, 5.74) is 1.86. The molecule has 1 nitrogen and oxygen atoms in total. The molecule has 2 aromatic carbocycles. The summed E-state index contributed by atoms with van der Waals surface area (Å²) in [6.07, 6.45) is 0. The number of fused-ring (bicyclic) bond motifs is 1. The van der Waals surface area contributed by atoms with Gasteiger partial charge in [0, 0.05) is 10.4 Å². The normalized spacial score (nSPS) is 10.8. The lowest BCUT2D eigenvalue weighted by molar-refractivity contribution is 0.104. The minimum atomic E-state index is 0.132. The molecule has 94 valence electrons. The molecular weight excluding hydrogens is 252 g/mol. The van der Waals surface area contributed by atoms with Crippen molar-refractivity contribution in [3.63, 3.8) is 0 Å². The fourth-order valence-electron chi connectivity index (χ4n) is 2.41. The summed E-state index contributed by atoms with van der Waals surface area (Å²) in [6.45, 7) is 4.04. The van der Waals surface area contributed by atoms with Crippen LogP contribution in [-0.4, -0.2) is 5.78 Å². The fourth-order valence-corrected chi connectivity index (χ4v) is 3.39. The number of carbonyl (C=O) groups excluding carboxylic acids is 1. The van der Waals surface area contributed by atoms with Crippen LogP contribution in [0.15, 0.2) is 48.5 Å². The van der Waals surface area contributed by atoms with E-state index in [4.69, 9.17) is 0 Å². The van der Waals surface area contributed by atoms with Gasteiger partial charge in [-0.2, -0.15) is 0 Å². The van der Waals surface area contributed by atoms with Crippen molar-refractivity contribution in [2.24, 2.45) is 0 Å². The van der Waals surface area contributed by atoms with Crippen LogP contribution in [0, 0.1) is 13.8 Å². The van der Waals surface area contributed by atoms with Crippen LogP contribution in [0.4, 0.5) is 0 Å². The van der Waals surface area contributed by atoms with Gasteiger partial charge in [-0.15, -0.1) is 11.3 Å². The third kappa shape index (κ3) is 2.08. The van der Waals surface area contributed by atoms with Gasteiger partial charge in [0.05, 0.1) is 4.88 Å². The van der Waals surface area contributed by atoms with E-state index in [1.165, 1.54) is 4.88 Å². The molecule has 2 heteroatoms. The van der Waals surface area contributed by atoms with Crippen LogP contribution < -0.4 is 0 Å². The van der Waals surface area contributed by atoms with E-state index in [-0.39, 0.29) is 5.78 Å². The van der Waals surface area contributed by atoms with Crippen molar-refractivity contribution in [2.75, 3.05) is 0 Å². The first-order valence-electron chi connectivity index (χ1n) is 6.26. The Labute approximate surface area is 116 Å². The van der Waals surface area contributed by atoms with Crippen molar-refractivity contribution in [1.82, 2.24) is 0 Å². The Morgan fingerprint density at radius 3 is 2.47 bits per heavy atom. The minimum absolute atomic E-state index is 0.132. The van der Waals surface area contributed by atoms with Crippen molar-refractivity contribution < 1.29 is 4.79 Å². The summed E-state index contributed by atoms with van der Waals surface area (Å²) in [5.74, 6) is 0.132. The predicted octanol–water partition coefficient (Wildman–Crippen LogP) is 4.75. The molecule has 19 heavy (non-hydrogen) atoms. The van der Waals surface area contributed by atoms with Crippen LogP contribution in [0.2, 0.25) is 0 Å². The first-order valence-corrected chi connectivity index (χ1v) is 7.08. The van der Waals surface area contributed by atoms with E-state index in [1.54, 1.807) is 11.3 Å². The summed E-state index contributed by atoms with van der Waals surface area (Å²) < 4.78 is 0. The van der Waals surface area contributed by atoms with Gasteiger partial charge in [-0.05, 0) is 36.2 Å². The van der Waals surface area contributed by atoms with Gasteiger partial charge in [-0.1, -0.05) is 42.5 Å². The first-order chi connectivity index (χ1) is 9.16. The highest BCUT2D eigenvalue weighted by atomic mass is 32.1. The topological polar surface area (TPSA) is 17.1 Å². The zero-order valence-electron chi connectivity index (χ0n) is 10.9. The standard InChI is InChI=1S/C17H14OS/c1-11-10-12(2)19-17(11)16(18)15-9-5-7-13-6-3-4-8-14(13)15/h3-10H,1-2H3. The maximum Gasteiger partial charge on any atom is 0.203 e. The largest absolute Gasteiger partial charge is 0.288 e. The number of aryl methyl sites for hydroxylation is 2. The molecule has 0 spiro atoms. The number of thiophene rings is 1. The maximum absolute atomic E-state index is 12.7. The molecule has 3 aromatic rings. The van der Waals surface area contributed by atoms with Gasteiger partial charge in [0.15, 0.2) is 0 Å². The Balaban J connectivity index is 2.19. The second kappa shape index (κ2) is 4.63. The average molecular weight is 266 g/mol. The predicted molar refractivity (Wildman–Crippen MR) is 81.2 cm³/mol. The molecule has 0 aliphatic carbocycles. The minimum Gasteiger partial charge on any atom is -0.288 e. The second-order valence-electron chi connectivity index (χ2n) is 4.73. The molecule has 0 saturated carbocycles. The van der Waals surface area contributed by atoms with Crippen LogP contribution in [0.5, 0.6) is 0 Å². The zero-order valence-corrected chi connectivity index (χ0v) is 11.8. The Hall–Kier alpha value is -1.93. The molecule has 1 aromatic heterocycles. The number of rotatable bonds is 2. The van der Waals surface area contributed by atoms with Gasteiger partial charge < -0.3 is 0 Å². The van der Waals surface area contributed by atoms with E-state index in [1.807, 2.05) is 56.3 Å². The zero-order chi connectivity index (χ0) is 13.4. The van der Waals surface area contributed by atoms with Gasteiger partial charge in [-0.25, -0.2) is 0 Å². The molecule has 0 saturated heterocycles. The lowest BCUT2D eigenvalue weighted by atomic mass is 10.00. The molecule has 0 aliphatic rings. The van der Waals surface area contributed by atoms with E-state index < -0.39 is 0 Å². The monoisotopic (exact) mass is 266 g/mol. The lowest BCUT2D eigenvalue weighted by Crippen LogP contribution is -2.01. The van der Waals surface area contributed by atoms with Crippen molar-refractivity contribution in [3.8, 4) is 0 Å². The quantitative estimate of drug-likeness (QED) is 0.612. The third-order valence-corrected chi connectivity index (χ3v) is 4.43. The molecule has 0 aliphatic heterocycles. The van der Waals surface area contributed by atoms with E-state index in [2.05, 4.69) is 6.07 Å². The van der Waals surface area contributed by atoms with E-state index in [0.717, 1.165) is 26.8 Å². The summed E-state index contributed by atoms with van der Waals surface area (Å²) >= 11 is 1.58. The molecule has 0 atom stereocenters. The number of ketones is 1. The summed E-state index contributed by atoms with van der Waals surface area (Å²) in [5, 5.41) is 2.14. The molecule has 0 radical (unpaired) electrons. The fraction of sp³-hybridized carbons (Fsp3) is 0.118. The van der Waals surface area contributed by atoms with Crippen molar-refractivity contribution in [2.45, 2.75) is 13.8 Å². The van der Waals surface area contributed by atoms with Crippen LogP contribution in [0.3, 0.4) is 0 Å². The Kier molecular flexibility index (Phi) is 2.96. The van der Waals surface area contributed by atoms with E-state index >= 15 is 0 Å². The van der Waals surface area contributed by atoms with Gasteiger partial charge in [-0.3, -0.25) is 4.79 Å². The second-order valence-corrected chi connectivity index (χ2v) is 5.98. The van der Waals surface area contributed by atoms with Crippen LogP contribution in [0.25, 0.3) is 10.8 Å². The smallest absolute Gasteiger partial charge is 0.203 e. The highest BCUT2D eigenvalue weighted by Gasteiger charge is 2.16. The molecule has 1 heterocycles. The van der Waals surface area contributed by atoms with Crippen molar-refractivity contribution >= 4 is 27.9 Å². The van der Waals surface area contributed by atoms with Gasteiger partial charge in [0.2, 0.25) is 5.78 Å². The molecule has 0 fully saturated rings. The summed E-state index contributed by atoms with van der Waals surface area (Å²) in [4.78, 5) is 14.7. The van der Waals surface area contributed by atoms with Crippen LogP contribution in [-0.2, 0) is 0 Å². The van der Waals surface area contributed by atoms with Gasteiger partial charge in [0.25, 0.3) is 0 Å². The molecule has 0 unspecified atom stereocenters. The van der Waals surface area contributed by atoms with E-state index in [0.29, 0.717) is 0 Å². The maximum atomic E-state index is 12.7. The highest BCUT2D eigenvalue weighted by Crippen LogP contribution is 2.27. The highest BCUT2D eigenvalue weighted by molar-refractivity contribution is 7.14. The Bertz CT molecular complexity index is 763. The SMILES string of the molecule is Cc1cc(C)c(C(=O)c2cccc3ccccc23)s1. The molecule has 0 N–H and O–H groups in total. The number of carbonyl (C=O) groups is 1. The number of hydrogen-bond donors (Lipinski definition) is 0. The molecular formula is C17H14OS. The van der Waals surface area contributed by atoms with Crippen LogP contribution in [0.1, 0.15) is 25.7 Å². The van der Waals surface area contributed by atoms with Gasteiger partial charge >= 0.3 is 0 Å². The van der Waals surface area contributed by atoms with Gasteiger partial charge in [0.1, 0.15) is 0 Å². The molecule has 3 rings (SSSR count). The summed E-state index contributed by atoms with van der Waals surface area (Å²) in [6, 6.07) is 16.0. The molecule has 0 bridgehead atoms. The average Bonchev–Trinajstić information content (AvgIpc) is 2.76. The molecule has 0 amide bonds. The Morgan fingerprint density at radius 1 is 1.00 bits per heavy atom. The van der Waals surface area contributed by atoms with Crippen molar-refractivity contribution in [3.05, 3.63) is 69.4 Å². The number of hydrogen-bond acceptors (Lipinski definition) is 2. The summed E-state index contributed by atoms with van der Waals surface area (Å²) in [7, 11) is 0. The van der Waals surface area contributed by atoms with E-state index in [9.17, 15) is 4.79 Å². The van der Waals surface area contributed by atoms with Crippen molar-refractivity contribution in [1.29, 1.82) is 0 Å². The Morgan fingerprint density at radius 2 is 1.74 bits per heavy atom.